The number of aryl methyl sites for hydroxylation is 2. The zero-order chi connectivity index (χ0) is 13.0. The average molecular weight is 248 g/mol. The minimum Gasteiger partial charge on any atom is -0.393 e. The summed E-state index contributed by atoms with van der Waals surface area (Å²) in [5.41, 5.74) is 1.92. The van der Waals surface area contributed by atoms with Gasteiger partial charge in [-0.2, -0.15) is 5.10 Å². The Morgan fingerprint density at radius 1 is 1.39 bits per heavy atom. The van der Waals surface area contributed by atoms with Gasteiger partial charge in [-0.25, -0.2) is 4.39 Å². The van der Waals surface area contributed by atoms with Gasteiger partial charge in [-0.1, -0.05) is 12.1 Å². The summed E-state index contributed by atoms with van der Waals surface area (Å²) in [6.07, 6.45) is 3.19. The van der Waals surface area contributed by atoms with Gasteiger partial charge in [0, 0.05) is 18.9 Å². The Labute approximate surface area is 106 Å². The zero-order valence-electron chi connectivity index (χ0n) is 10.4. The standard InChI is InChI=1S/C14H17FN2O/c1-17-13(7-8-16-17)5-6-14(18)10-11-3-2-4-12(15)9-11/h2-4,7-9,14,18H,5-6,10H2,1H3. The van der Waals surface area contributed by atoms with Gasteiger partial charge in [0.25, 0.3) is 0 Å². The predicted molar refractivity (Wildman–Crippen MR) is 67.6 cm³/mol. The Balaban J connectivity index is 1.86. The normalized spacial score (nSPS) is 12.6. The molecule has 0 aliphatic heterocycles. The van der Waals surface area contributed by atoms with Crippen LogP contribution in [0.15, 0.2) is 36.5 Å². The van der Waals surface area contributed by atoms with Gasteiger partial charge < -0.3 is 5.11 Å². The molecule has 3 nitrogen and oxygen atoms in total. The van der Waals surface area contributed by atoms with Crippen molar-refractivity contribution >= 4 is 0 Å². The lowest BCUT2D eigenvalue weighted by Gasteiger charge is -2.10. The second kappa shape index (κ2) is 5.78. The van der Waals surface area contributed by atoms with Crippen molar-refractivity contribution < 1.29 is 9.50 Å². The molecule has 1 heterocycles. The Morgan fingerprint density at radius 2 is 2.22 bits per heavy atom. The Bertz CT molecular complexity index is 510. The zero-order valence-corrected chi connectivity index (χ0v) is 10.4. The molecule has 2 aromatic rings. The molecule has 0 radical (unpaired) electrons. The molecule has 18 heavy (non-hydrogen) atoms. The van der Waals surface area contributed by atoms with Gasteiger partial charge >= 0.3 is 0 Å². The van der Waals surface area contributed by atoms with Crippen molar-refractivity contribution in [3.8, 4) is 0 Å². The van der Waals surface area contributed by atoms with Crippen molar-refractivity contribution in [2.45, 2.75) is 25.4 Å². The van der Waals surface area contributed by atoms with Crippen LogP contribution in [0, 0.1) is 5.82 Å². The number of aliphatic hydroxyl groups is 1. The molecule has 0 amide bonds. The molecule has 1 unspecified atom stereocenters. The van der Waals surface area contributed by atoms with E-state index < -0.39 is 6.10 Å². The first-order valence-electron chi connectivity index (χ1n) is 6.04. The van der Waals surface area contributed by atoms with Gasteiger partial charge in [0.15, 0.2) is 0 Å². The van der Waals surface area contributed by atoms with E-state index in [0.717, 1.165) is 17.7 Å². The van der Waals surface area contributed by atoms with Crippen LogP contribution in [-0.4, -0.2) is 21.0 Å². The molecule has 1 atom stereocenters. The van der Waals surface area contributed by atoms with E-state index in [-0.39, 0.29) is 5.82 Å². The summed E-state index contributed by atoms with van der Waals surface area (Å²) in [5.74, 6) is -0.258. The molecule has 2 rings (SSSR count). The van der Waals surface area contributed by atoms with Gasteiger partial charge in [-0.15, -0.1) is 0 Å². The van der Waals surface area contributed by atoms with E-state index in [0.29, 0.717) is 12.8 Å². The minimum atomic E-state index is -0.457. The average Bonchev–Trinajstić information content (AvgIpc) is 2.72. The number of benzene rings is 1. The smallest absolute Gasteiger partial charge is 0.123 e. The Morgan fingerprint density at radius 3 is 2.89 bits per heavy atom. The van der Waals surface area contributed by atoms with Gasteiger partial charge in [0.05, 0.1) is 6.10 Å². The fourth-order valence-electron chi connectivity index (χ4n) is 2.00. The van der Waals surface area contributed by atoms with E-state index in [1.165, 1.54) is 12.1 Å². The molecule has 0 aliphatic carbocycles. The van der Waals surface area contributed by atoms with Crippen LogP contribution >= 0.6 is 0 Å². The first-order chi connectivity index (χ1) is 8.65. The molecular formula is C14H17FN2O. The van der Waals surface area contributed by atoms with Crippen molar-refractivity contribution in [2.24, 2.45) is 7.05 Å². The van der Waals surface area contributed by atoms with Crippen molar-refractivity contribution in [1.29, 1.82) is 0 Å². The number of halogens is 1. The Hall–Kier alpha value is -1.68. The highest BCUT2D eigenvalue weighted by atomic mass is 19.1. The number of nitrogens with zero attached hydrogens (tertiary/aromatic N) is 2. The molecule has 0 spiro atoms. The van der Waals surface area contributed by atoms with Crippen molar-refractivity contribution in [3.63, 3.8) is 0 Å². The number of hydrogen-bond acceptors (Lipinski definition) is 2. The second-order valence-corrected chi connectivity index (χ2v) is 4.47. The molecule has 0 fully saturated rings. The highest BCUT2D eigenvalue weighted by molar-refractivity contribution is 5.17. The largest absolute Gasteiger partial charge is 0.393 e. The molecule has 0 saturated heterocycles. The minimum absolute atomic E-state index is 0.258. The maximum atomic E-state index is 13.0. The molecule has 0 saturated carbocycles. The molecule has 96 valence electrons. The van der Waals surface area contributed by atoms with Crippen molar-refractivity contribution in [2.75, 3.05) is 0 Å². The molecule has 4 heteroatoms. The first kappa shape index (κ1) is 12.8. The maximum absolute atomic E-state index is 13.0. The fourth-order valence-corrected chi connectivity index (χ4v) is 2.00. The number of aliphatic hydroxyl groups excluding tert-OH is 1. The predicted octanol–water partition coefficient (Wildman–Crippen LogP) is 2.10. The highest BCUT2D eigenvalue weighted by Crippen LogP contribution is 2.10. The summed E-state index contributed by atoms with van der Waals surface area (Å²) in [4.78, 5) is 0. The van der Waals surface area contributed by atoms with Gasteiger partial charge in [0.1, 0.15) is 5.82 Å². The van der Waals surface area contributed by atoms with Crippen molar-refractivity contribution in [1.82, 2.24) is 9.78 Å². The lowest BCUT2D eigenvalue weighted by atomic mass is 10.0. The molecule has 0 bridgehead atoms. The van der Waals surface area contributed by atoms with Crippen LogP contribution < -0.4 is 0 Å². The third-order valence-corrected chi connectivity index (χ3v) is 3.02. The fraction of sp³-hybridized carbons (Fsp3) is 0.357. The summed E-state index contributed by atoms with van der Waals surface area (Å²) in [5, 5.41) is 14.0. The summed E-state index contributed by atoms with van der Waals surface area (Å²) in [6.45, 7) is 0. The van der Waals surface area contributed by atoms with E-state index in [4.69, 9.17) is 0 Å². The van der Waals surface area contributed by atoms with Crippen LogP contribution in [0.25, 0.3) is 0 Å². The van der Waals surface area contributed by atoms with Crippen molar-refractivity contribution in [3.05, 3.63) is 53.6 Å². The maximum Gasteiger partial charge on any atom is 0.123 e. The van der Waals surface area contributed by atoms with Crippen LogP contribution in [0.3, 0.4) is 0 Å². The Kier molecular flexibility index (Phi) is 4.10. The number of rotatable bonds is 5. The van der Waals surface area contributed by atoms with Crippen LogP contribution in [0.5, 0.6) is 0 Å². The first-order valence-corrected chi connectivity index (χ1v) is 6.04. The lowest BCUT2D eigenvalue weighted by Crippen LogP contribution is -2.13. The second-order valence-electron chi connectivity index (χ2n) is 4.47. The molecular weight excluding hydrogens is 231 g/mol. The molecule has 0 aliphatic rings. The lowest BCUT2D eigenvalue weighted by molar-refractivity contribution is 0.164. The quantitative estimate of drug-likeness (QED) is 0.880. The van der Waals surface area contributed by atoms with Crippen LogP contribution in [0.4, 0.5) is 4.39 Å². The van der Waals surface area contributed by atoms with E-state index in [2.05, 4.69) is 5.10 Å². The van der Waals surface area contributed by atoms with Crippen LogP contribution in [-0.2, 0) is 19.9 Å². The third-order valence-electron chi connectivity index (χ3n) is 3.02. The van der Waals surface area contributed by atoms with Crippen LogP contribution in [0.1, 0.15) is 17.7 Å². The van der Waals surface area contributed by atoms with E-state index in [1.807, 2.05) is 19.2 Å². The van der Waals surface area contributed by atoms with E-state index >= 15 is 0 Å². The molecule has 1 aromatic carbocycles. The summed E-state index contributed by atoms with van der Waals surface area (Å²) < 4.78 is 14.8. The monoisotopic (exact) mass is 248 g/mol. The third kappa shape index (κ3) is 3.40. The number of aromatic nitrogens is 2. The SMILES string of the molecule is Cn1nccc1CCC(O)Cc1cccc(F)c1. The van der Waals surface area contributed by atoms with E-state index in [1.54, 1.807) is 16.9 Å². The van der Waals surface area contributed by atoms with Crippen LogP contribution in [0.2, 0.25) is 0 Å². The highest BCUT2D eigenvalue weighted by Gasteiger charge is 2.08. The number of hydrogen-bond donors (Lipinski definition) is 1. The van der Waals surface area contributed by atoms with Gasteiger partial charge in [-0.3, -0.25) is 4.68 Å². The van der Waals surface area contributed by atoms with Gasteiger partial charge in [0.2, 0.25) is 0 Å². The summed E-state index contributed by atoms with van der Waals surface area (Å²) in [7, 11) is 1.88. The summed E-state index contributed by atoms with van der Waals surface area (Å²) >= 11 is 0. The molecule has 1 N–H and O–H groups in total. The van der Waals surface area contributed by atoms with Gasteiger partial charge in [-0.05, 0) is 43.0 Å². The van der Waals surface area contributed by atoms with E-state index in [9.17, 15) is 9.50 Å². The molecule has 1 aromatic heterocycles. The summed E-state index contributed by atoms with van der Waals surface area (Å²) in [6, 6.07) is 8.31. The topological polar surface area (TPSA) is 38.0 Å².